The van der Waals surface area contributed by atoms with Gasteiger partial charge in [0.05, 0.1) is 0 Å². The lowest BCUT2D eigenvalue weighted by molar-refractivity contribution is 0.567. The number of rotatable bonds is 9. The Bertz CT molecular complexity index is 241. The minimum Gasteiger partial charge on any atom is -0.0925 e. The molecule has 0 radical (unpaired) electrons. The second kappa shape index (κ2) is 14.1. The third kappa shape index (κ3) is 13.1. The molecule has 0 amide bonds. The fourth-order valence-electron chi connectivity index (χ4n) is 1.69. The molecular weight excluding hydrogens is 192 g/mol. The lowest BCUT2D eigenvalue weighted by Gasteiger charge is -1.99. The van der Waals surface area contributed by atoms with Crippen LogP contribution in [0.5, 0.6) is 0 Å². The van der Waals surface area contributed by atoms with E-state index in [1.54, 1.807) is 0 Å². The van der Waals surface area contributed by atoms with E-state index in [1.165, 1.54) is 57.8 Å². The normalized spacial score (nSPS) is 8.88. The van der Waals surface area contributed by atoms with Crippen LogP contribution in [0, 0.1) is 23.7 Å². The highest BCUT2D eigenvalue weighted by molar-refractivity contribution is 5.24. The van der Waals surface area contributed by atoms with Gasteiger partial charge in [-0.15, -0.1) is 0 Å². The fraction of sp³-hybridized carbons (Fsp3) is 0.750. The van der Waals surface area contributed by atoms with Crippen molar-refractivity contribution < 1.29 is 0 Å². The van der Waals surface area contributed by atoms with Crippen molar-refractivity contribution in [3.8, 4) is 23.7 Å². The summed E-state index contributed by atoms with van der Waals surface area (Å²) in [5.41, 5.74) is 0. The van der Waals surface area contributed by atoms with Gasteiger partial charge in [0.25, 0.3) is 0 Å². The van der Waals surface area contributed by atoms with Crippen LogP contribution in [0.15, 0.2) is 0 Å². The smallest absolute Gasteiger partial charge is 0.00989 e. The molecule has 0 aliphatic carbocycles. The van der Waals surface area contributed by atoms with E-state index in [9.17, 15) is 0 Å². The van der Waals surface area contributed by atoms with E-state index in [0.29, 0.717) is 0 Å². The van der Waals surface area contributed by atoms with Crippen molar-refractivity contribution in [2.24, 2.45) is 0 Å². The molecule has 0 nitrogen and oxygen atoms in total. The van der Waals surface area contributed by atoms with Gasteiger partial charge in [0, 0.05) is 6.42 Å². The fourth-order valence-corrected chi connectivity index (χ4v) is 1.69. The van der Waals surface area contributed by atoms with E-state index in [0.717, 1.165) is 6.42 Å². The van der Waals surface area contributed by atoms with Crippen molar-refractivity contribution in [3.63, 3.8) is 0 Å². The predicted molar refractivity (Wildman–Crippen MR) is 73.1 cm³/mol. The molecule has 0 saturated carbocycles. The topological polar surface area (TPSA) is 0 Å². The van der Waals surface area contributed by atoms with Gasteiger partial charge in [-0.25, -0.2) is 0 Å². The van der Waals surface area contributed by atoms with Crippen molar-refractivity contribution in [1.29, 1.82) is 0 Å². The molecule has 16 heavy (non-hydrogen) atoms. The molecule has 0 N–H and O–H groups in total. The molecule has 0 rings (SSSR count). The summed E-state index contributed by atoms with van der Waals surface area (Å²) in [6.07, 6.45) is 13.4. The predicted octanol–water partition coefficient (Wildman–Crippen LogP) is 4.93. The summed E-state index contributed by atoms with van der Waals surface area (Å²) in [5, 5.41) is 0. The summed E-state index contributed by atoms with van der Waals surface area (Å²) in [4.78, 5) is 0. The lowest BCUT2D eigenvalue weighted by atomic mass is 10.1. The van der Waals surface area contributed by atoms with Crippen LogP contribution in [0.25, 0.3) is 0 Å². The zero-order chi connectivity index (χ0) is 11.9. The monoisotopic (exact) mass is 218 g/mol. The Labute approximate surface area is 102 Å². The second-order valence-electron chi connectivity index (χ2n) is 4.26. The molecule has 0 aromatic rings. The zero-order valence-corrected chi connectivity index (χ0v) is 11.1. The molecule has 0 aliphatic rings. The van der Waals surface area contributed by atoms with E-state index in [-0.39, 0.29) is 0 Å². The zero-order valence-electron chi connectivity index (χ0n) is 11.1. The summed E-state index contributed by atoms with van der Waals surface area (Å²) < 4.78 is 0. The molecule has 0 saturated heterocycles. The van der Waals surface area contributed by atoms with Crippen molar-refractivity contribution in [1.82, 2.24) is 0 Å². The van der Waals surface area contributed by atoms with Gasteiger partial charge >= 0.3 is 0 Å². The Morgan fingerprint density at radius 1 is 0.688 bits per heavy atom. The van der Waals surface area contributed by atoms with Crippen LogP contribution >= 0.6 is 0 Å². The van der Waals surface area contributed by atoms with Gasteiger partial charge in [-0.1, -0.05) is 70.1 Å². The first-order valence-corrected chi connectivity index (χ1v) is 6.81. The maximum Gasteiger partial charge on any atom is 0.00989 e. The van der Waals surface area contributed by atoms with Crippen LogP contribution in [0.2, 0.25) is 0 Å². The average molecular weight is 218 g/mol. The molecule has 0 aliphatic heterocycles. The molecule has 0 bridgehead atoms. The third-order valence-electron chi connectivity index (χ3n) is 2.68. The lowest BCUT2D eigenvalue weighted by Crippen LogP contribution is -1.80. The first-order valence-electron chi connectivity index (χ1n) is 6.81. The van der Waals surface area contributed by atoms with Crippen molar-refractivity contribution in [2.45, 2.75) is 78.1 Å². The van der Waals surface area contributed by atoms with Gasteiger partial charge in [0.2, 0.25) is 0 Å². The number of unbranched alkanes of at least 4 members (excludes halogenated alkanes) is 9. The maximum atomic E-state index is 3.08. The van der Waals surface area contributed by atoms with Gasteiger partial charge in [-0.3, -0.25) is 0 Å². The molecule has 0 unspecified atom stereocenters. The standard InChI is InChI=1S/C16H26/c1-3-5-7-9-11-13-15-16-14-12-10-8-6-4-2/h3,5,7,9,11-16H2,1-2H3. The van der Waals surface area contributed by atoms with E-state index >= 15 is 0 Å². The van der Waals surface area contributed by atoms with Gasteiger partial charge in [-0.05, 0) is 25.2 Å². The average Bonchev–Trinajstić information content (AvgIpc) is 2.31. The first-order chi connectivity index (χ1) is 7.91. The maximum absolute atomic E-state index is 3.08. The minimum absolute atomic E-state index is 1.02. The van der Waals surface area contributed by atoms with Crippen LogP contribution in [0.4, 0.5) is 0 Å². The van der Waals surface area contributed by atoms with E-state index in [2.05, 4.69) is 30.6 Å². The molecule has 0 heteroatoms. The SMILES string of the molecule is CC#CC#CCCCCCCCCCCC. The molecule has 0 aromatic heterocycles. The van der Waals surface area contributed by atoms with Gasteiger partial charge in [0.15, 0.2) is 0 Å². The van der Waals surface area contributed by atoms with Crippen LogP contribution in [0.3, 0.4) is 0 Å². The summed E-state index contributed by atoms with van der Waals surface area (Å²) in [6, 6.07) is 0. The Kier molecular flexibility index (Phi) is 13.3. The molecule has 0 heterocycles. The highest BCUT2D eigenvalue weighted by atomic mass is 14.0. The Hall–Kier alpha value is -0.880. The van der Waals surface area contributed by atoms with Crippen LogP contribution in [-0.2, 0) is 0 Å². The van der Waals surface area contributed by atoms with Gasteiger partial charge in [0.1, 0.15) is 0 Å². The highest BCUT2D eigenvalue weighted by Gasteiger charge is 1.90. The molecule has 0 atom stereocenters. The van der Waals surface area contributed by atoms with Crippen LogP contribution in [0.1, 0.15) is 78.1 Å². The number of hydrogen-bond donors (Lipinski definition) is 0. The molecular formula is C16H26. The molecule has 0 fully saturated rings. The quantitative estimate of drug-likeness (QED) is 0.380. The first kappa shape index (κ1) is 15.1. The molecule has 90 valence electrons. The Morgan fingerprint density at radius 2 is 1.25 bits per heavy atom. The second-order valence-corrected chi connectivity index (χ2v) is 4.26. The summed E-state index contributed by atoms with van der Waals surface area (Å²) in [6.45, 7) is 4.09. The molecule has 0 aromatic carbocycles. The van der Waals surface area contributed by atoms with Crippen LogP contribution < -0.4 is 0 Å². The van der Waals surface area contributed by atoms with Crippen molar-refractivity contribution >= 4 is 0 Å². The minimum atomic E-state index is 1.02. The Morgan fingerprint density at radius 3 is 1.81 bits per heavy atom. The van der Waals surface area contributed by atoms with Gasteiger partial charge in [-0.2, -0.15) is 0 Å². The van der Waals surface area contributed by atoms with Crippen LogP contribution in [-0.4, -0.2) is 0 Å². The summed E-state index contributed by atoms with van der Waals surface area (Å²) in [7, 11) is 0. The highest BCUT2D eigenvalue weighted by Crippen LogP contribution is 2.09. The van der Waals surface area contributed by atoms with Gasteiger partial charge < -0.3 is 0 Å². The third-order valence-corrected chi connectivity index (χ3v) is 2.68. The Balaban J connectivity index is 3.04. The molecule has 0 spiro atoms. The van der Waals surface area contributed by atoms with E-state index in [4.69, 9.17) is 0 Å². The van der Waals surface area contributed by atoms with E-state index in [1.807, 2.05) is 6.92 Å². The number of hydrogen-bond acceptors (Lipinski definition) is 0. The van der Waals surface area contributed by atoms with E-state index < -0.39 is 0 Å². The summed E-state index contributed by atoms with van der Waals surface area (Å²) >= 11 is 0. The van der Waals surface area contributed by atoms with Crippen molar-refractivity contribution in [3.05, 3.63) is 0 Å². The largest absolute Gasteiger partial charge is 0.0925 e. The summed E-state index contributed by atoms with van der Waals surface area (Å²) in [5.74, 6) is 11.5. The van der Waals surface area contributed by atoms with Crippen molar-refractivity contribution in [2.75, 3.05) is 0 Å².